The van der Waals surface area contributed by atoms with Gasteiger partial charge in [-0.3, -0.25) is 9.78 Å². The van der Waals surface area contributed by atoms with Crippen LogP contribution in [0.25, 0.3) is 0 Å². The number of carbonyl (C=O) groups is 1. The Morgan fingerprint density at radius 1 is 1.10 bits per heavy atom. The van der Waals surface area contributed by atoms with Gasteiger partial charge in [0.1, 0.15) is 6.17 Å². The predicted octanol–water partition coefficient (Wildman–Crippen LogP) is 2.81. The number of hydrogen-bond acceptors (Lipinski definition) is 3. The van der Waals surface area contributed by atoms with Crippen molar-refractivity contribution in [3.05, 3.63) is 59.9 Å². The number of pyridine rings is 1. The quantitative estimate of drug-likeness (QED) is 0.908. The van der Waals surface area contributed by atoms with Gasteiger partial charge in [-0.15, -0.1) is 0 Å². The molecule has 2 aliphatic rings. The highest BCUT2D eigenvalue weighted by atomic mass is 16.2. The summed E-state index contributed by atoms with van der Waals surface area (Å²) in [4.78, 5) is 19.1. The minimum Gasteiger partial charge on any atom is -0.359 e. The first-order valence-electron chi connectivity index (χ1n) is 6.94. The number of aromatic nitrogens is 1. The van der Waals surface area contributed by atoms with Crippen molar-refractivity contribution in [2.45, 2.75) is 25.0 Å². The van der Waals surface area contributed by atoms with E-state index in [0.717, 1.165) is 29.8 Å². The van der Waals surface area contributed by atoms with Crippen LogP contribution < -0.4 is 5.32 Å². The summed E-state index contributed by atoms with van der Waals surface area (Å²) in [6, 6.07) is 13.8. The van der Waals surface area contributed by atoms with Gasteiger partial charge in [0.05, 0.1) is 11.3 Å². The summed E-state index contributed by atoms with van der Waals surface area (Å²) in [6.07, 6.45) is 3.77. The molecule has 1 unspecified atom stereocenters. The average molecular weight is 265 g/mol. The number of benzene rings is 1. The van der Waals surface area contributed by atoms with E-state index >= 15 is 0 Å². The lowest BCUT2D eigenvalue weighted by molar-refractivity contribution is 0.0662. The number of hydrogen-bond donors (Lipinski definition) is 1. The van der Waals surface area contributed by atoms with Gasteiger partial charge in [-0.05, 0) is 37.1 Å². The molecule has 1 N–H and O–H groups in total. The zero-order chi connectivity index (χ0) is 13.5. The Hall–Kier alpha value is -2.36. The Balaban J connectivity index is 1.80. The third-order valence-corrected chi connectivity index (χ3v) is 3.87. The van der Waals surface area contributed by atoms with E-state index < -0.39 is 0 Å². The number of fused-ring (bicyclic) bond motifs is 1. The fourth-order valence-corrected chi connectivity index (χ4v) is 2.75. The van der Waals surface area contributed by atoms with E-state index in [1.165, 1.54) is 0 Å². The van der Waals surface area contributed by atoms with Crippen molar-refractivity contribution in [3.63, 3.8) is 0 Å². The van der Waals surface area contributed by atoms with Crippen molar-refractivity contribution in [3.8, 4) is 0 Å². The van der Waals surface area contributed by atoms with Crippen molar-refractivity contribution in [1.82, 2.24) is 9.88 Å². The molecule has 4 rings (SSSR count). The van der Waals surface area contributed by atoms with Gasteiger partial charge in [0.2, 0.25) is 0 Å². The molecule has 0 radical (unpaired) electrons. The summed E-state index contributed by atoms with van der Waals surface area (Å²) in [5, 5.41) is 3.46. The fraction of sp³-hybridized carbons (Fsp3) is 0.250. The summed E-state index contributed by atoms with van der Waals surface area (Å²) in [5.41, 5.74) is 2.54. The highest BCUT2D eigenvalue weighted by Crippen LogP contribution is 2.39. The first-order chi connectivity index (χ1) is 9.84. The van der Waals surface area contributed by atoms with Crippen molar-refractivity contribution in [1.29, 1.82) is 0 Å². The molecule has 1 aliphatic heterocycles. The molecule has 1 atom stereocenters. The van der Waals surface area contributed by atoms with Gasteiger partial charge < -0.3 is 10.2 Å². The third-order valence-electron chi connectivity index (χ3n) is 3.87. The maximum Gasteiger partial charge on any atom is 0.258 e. The van der Waals surface area contributed by atoms with Crippen LogP contribution in [0.1, 0.15) is 35.1 Å². The second kappa shape index (κ2) is 4.34. The van der Waals surface area contributed by atoms with Gasteiger partial charge >= 0.3 is 0 Å². The monoisotopic (exact) mass is 265 g/mol. The number of anilines is 1. The Kier molecular flexibility index (Phi) is 2.49. The molecule has 1 aliphatic carbocycles. The molecule has 1 amide bonds. The van der Waals surface area contributed by atoms with Gasteiger partial charge in [0.25, 0.3) is 5.91 Å². The predicted molar refractivity (Wildman–Crippen MR) is 76.2 cm³/mol. The number of nitrogens with one attached hydrogen (secondary N) is 1. The number of rotatable bonds is 2. The molecule has 4 heteroatoms. The maximum absolute atomic E-state index is 12.7. The maximum atomic E-state index is 12.7. The van der Waals surface area contributed by atoms with E-state index in [1.54, 1.807) is 6.20 Å². The second-order valence-electron chi connectivity index (χ2n) is 5.29. The van der Waals surface area contributed by atoms with Crippen LogP contribution in [0, 0.1) is 0 Å². The first kappa shape index (κ1) is 11.5. The average Bonchev–Trinajstić information content (AvgIpc) is 3.33. The molecule has 100 valence electrons. The highest BCUT2D eigenvalue weighted by Gasteiger charge is 2.42. The zero-order valence-electron chi connectivity index (χ0n) is 11.0. The summed E-state index contributed by atoms with van der Waals surface area (Å²) in [5.74, 6) is 0.109. The highest BCUT2D eigenvalue weighted by molar-refractivity contribution is 6.02. The van der Waals surface area contributed by atoms with Gasteiger partial charge in [-0.2, -0.15) is 0 Å². The standard InChI is InChI=1S/C16H15N3O/c20-16-12-5-1-2-6-13(12)18-15(19(16)11-8-9-11)14-7-3-4-10-17-14/h1-7,10-11,15,18H,8-9H2. The third kappa shape index (κ3) is 1.76. The van der Waals surface area contributed by atoms with Gasteiger partial charge in [0.15, 0.2) is 0 Å². The van der Waals surface area contributed by atoms with Crippen LogP contribution >= 0.6 is 0 Å². The lowest BCUT2D eigenvalue weighted by Gasteiger charge is -2.37. The fourth-order valence-electron chi connectivity index (χ4n) is 2.75. The van der Waals surface area contributed by atoms with Crippen molar-refractivity contribution in [2.24, 2.45) is 0 Å². The van der Waals surface area contributed by atoms with E-state index in [4.69, 9.17) is 0 Å². The second-order valence-corrected chi connectivity index (χ2v) is 5.29. The molecule has 20 heavy (non-hydrogen) atoms. The molecule has 0 saturated heterocycles. The number of para-hydroxylation sites is 1. The van der Waals surface area contributed by atoms with E-state index in [2.05, 4.69) is 10.3 Å². The number of nitrogens with zero attached hydrogens (tertiary/aromatic N) is 2. The van der Waals surface area contributed by atoms with Crippen molar-refractivity contribution >= 4 is 11.6 Å². The first-order valence-corrected chi connectivity index (χ1v) is 6.94. The number of amides is 1. The van der Waals surface area contributed by atoms with Crippen LogP contribution in [-0.4, -0.2) is 21.8 Å². The van der Waals surface area contributed by atoms with E-state index in [-0.39, 0.29) is 12.1 Å². The Bertz CT molecular complexity index is 652. The summed E-state index contributed by atoms with van der Waals surface area (Å²) >= 11 is 0. The summed E-state index contributed by atoms with van der Waals surface area (Å²) in [7, 11) is 0. The molecule has 2 heterocycles. The Morgan fingerprint density at radius 2 is 1.90 bits per heavy atom. The minimum absolute atomic E-state index is 0.109. The Morgan fingerprint density at radius 3 is 2.65 bits per heavy atom. The SMILES string of the molecule is O=C1c2ccccc2NC(c2ccccn2)N1C1CC1. The van der Waals surface area contributed by atoms with Crippen LogP contribution in [0.4, 0.5) is 5.69 Å². The molecule has 1 aromatic heterocycles. The Labute approximate surface area is 117 Å². The molecule has 1 saturated carbocycles. The van der Waals surface area contributed by atoms with Crippen LogP contribution in [0.3, 0.4) is 0 Å². The molecule has 2 aromatic rings. The summed E-state index contributed by atoms with van der Waals surface area (Å²) in [6.45, 7) is 0. The normalized spacial score (nSPS) is 21.3. The number of carbonyl (C=O) groups excluding carboxylic acids is 1. The lowest BCUT2D eigenvalue weighted by atomic mass is 10.1. The smallest absolute Gasteiger partial charge is 0.258 e. The van der Waals surface area contributed by atoms with Crippen molar-refractivity contribution < 1.29 is 4.79 Å². The van der Waals surface area contributed by atoms with Gasteiger partial charge in [-0.25, -0.2) is 0 Å². The molecular formula is C16H15N3O. The van der Waals surface area contributed by atoms with Gasteiger partial charge in [0, 0.05) is 17.9 Å². The minimum atomic E-state index is -0.161. The topological polar surface area (TPSA) is 45.2 Å². The largest absolute Gasteiger partial charge is 0.359 e. The van der Waals surface area contributed by atoms with E-state index in [9.17, 15) is 4.79 Å². The van der Waals surface area contributed by atoms with E-state index in [1.807, 2.05) is 47.4 Å². The lowest BCUT2D eigenvalue weighted by Crippen LogP contribution is -2.44. The van der Waals surface area contributed by atoms with Crippen LogP contribution in [-0.2, 0) is 0 Å². The molecule has 4 nitrogen and oxygen atoms in total. The van der Waals surface area contributed by atoms with E-state index in [0.29, 0.717) is 6.04 Å². The van der Waals surface area contributed by atoms with Crippen molar-refractivity contribution in [2.75, 3.05) is 5.32 Å². The van der Waals surface area contributed by atoms with Gasteiger partial charge in [-0.1, -0.05) is 18.2 Å². The van der Waals surface area contributed by atoms with Crippen LogP contribution in [0.2, 0.25) is 0 Å². The zero-order valence-corrected chi connectivity index (χ0v) is 11.0. The molecule has 1 aromatic carbocycles. The molecule has 1 fully saturated rings. The molecular weight excluding hydrogens is 250 g/mol. The van der Waals surface area contributed by atoms with Crippen LogP contribution in [0.5, 0.6) is 0 Å². The van der Waals surface area contributed by atoms with Crippen LogP contribution in [0.15, 0.2) is 48.7 Å². The summed E-state index contributed by atoms with van der Waals surface area (Å²) < 4.78 is 0. The molecule has 0 bridgehead atoms. The molecule has 0 spiro atoms.